The van der Waals surface area contributed by atoms with E-state index in [0.717, 1.165) is 30.2 Å². The van der Waals surface area contributed by atoms with Gasteiger partial charge in [-0.15, -0.1) is 0 Å². The zero-order valence-corrected chi connectivity index (χ0v) is 23.8. The second-order valence-electron chi connectivity index (χ2n) is 10.9. The molecule has 7 rings (SSSR count). The molecule has 11 heteroatoms. The van der Waals surface area contributed by atoms with Crippen molar-refractivity contribution in [1.82, 2.24) is 25.5 Å². The predicted octanol–water partition coefficient (Wildman–Crippen LogP) is 2.55. The number of carbonyl (C=O) groups is 2. The lowest BCUT2D eigenvalue weighted by Gasteiger charge is -2.26. The molecule has 0 aliphatic carbocycles. The number of methoxy groups -OCH3 is 1. The molecule has 42 heavy (non-hydrogen) atoms. The van der Waals surface area contributed by atoms with Crippen LogP contribution in [0.25, 0.3) is 0 Å². The van der Waals surface area contributed by atoms with Crippen molar-refractivity contribution in [2.75, 3.05) is 44.8 Å². The third-order valence-corrected chi connectivity index (χ3v) is 7.88. The number of amides is 2. The number of ether oxygens (including phenoxy) is 3. The highest BCUT2D eigenvalue weighted by molar-refractivity contribution is 5.95. The maximum Gasteiger partial charge on any atom is 0.258 e. The van der Waals surface area contributed by atoms with Gasteiger partial charge in [0.15, 0.2) is 18.1 Å². The van der Waals surface area contributed by atoms with E-state index in [1.54, 1.807) is 18.2 Å². The Morgan fingerprint density at radius 1 is 1.00 bits per heavy atom. The van der Waals surface area contributed by atoms with Crippen LogP contribution in [0.5, 0.6) is 17.2 Å². The molecule has 11 nitrogen and oxygen atoms in total. The first-order valence-electron chi connectivity index (χ1n) is 14.5. The maximum absolute atomic E-state index is 13.4. The summed E-state index contributed by atoms with van der Waals surface area (Å²) in [6.07, 6.45) is 7.14. The summed E-state index contributed by atoms with van der Waals surface area (Å²) in [7, 11) is 1.52. The van der Waals surface area contributed by atoms with E-state index in [-0.39, 0.29) is 30.6 Å². The van der Waals surface area contributed by atoms with Crippen molar-refractivity contribution < 1.29 is 23.8 Å². The van der Waals surface area contributed by atoms with E-state index in [2.05, 4.69) is 30.4 Å². The second kappa shape index (κ2) is 12.6. The number of fused-ring (bicyclic) bond motifs is 7. The maximum atomic E-state index is 13.4. The Balaban J connectivity index is 1.21. The van der Waals surface area contributed by atoms with Crippen molar-refractivity contribution in [2.45, 2.75) is 44.5 Å². The van der Waals surface area contributed by atoms with E-state index < -0.39 is 0 Å². The molecule has 0 spiro atoms. The van der Waals surface area contributed by atoms with Crippen LogP contribution in [0.2, 0.25) is 0 Å². The molecule has 0 saturated carbocycles. The molecule has 2 amide bonds. The van der Waals surface area contributed by atoms with Crippen LogP contribution in [-0.4, -0.2) is 78.7 Å². The standard InChI is InChI=1S/C31H36N6O5/c1-40-26-10-7-23-13-27(26)41-20-29(38)32-14-21-5-8-24(9-6-21)42-28-19-36(18-25(28)35-30(23)39)17-22-15-33-31(34-16-22)37-11-3-2-4-12-37/h5-10,13,15-16,25,28H,2-4,11-12,14,17-20H2,1H3,(H,32,38)(H,35,39)/t25-,28-/m0/s1. The van der Waals surface area contributed by atoms with Gasteiger partial charge in [-0.1, -0.05) is 12.1 Å². The lowest BCUT2D eigenvalue weighted by atomic mass is 10.1. The predicted molar refractivity (Wildman–Crippen MR) is 156 cm³/mol. The number of aromatic nitrogens is 2. The highest BCUT2D eigenvalue weighted by Crippen LogP contribution is 2.29. The van der Waals surface area contributed by atoms with E-state index in [1.165, 1.54) is 26.4 Å². The molecule has 0 radical (unpaired) electrons. The molecule has 3 aromatic rings. The fourth-order valence-corrected chi connectivity index (χ4v) is 5.62. The van der Waals surface area contributed by atoms with Crippen molar-refractivity contribution >= 4 is 17.8 Å². The minimum absolute atomic E-state index is 0.203. The highest BCUT2D eigenvalue weighted by atomic mass is 16.5. The van der Waals surface area contributed by atoms with E-state index in [0.29, 0.717) is 49.0 Å². The number of rotatable bonds is 4. The Morgan fingerprint density at radius 3 is 2.55 bits per heavy atom. The first-order chi connectivity index (χ1) is 20.5. The lowest BCUT2D eigenvalue weighted by Crippen LogP contribution is -2.45. The van der Waals surface area contributed by atoms with Gasteiger partial charge in [0.05, 0.1) is 13.2 Å². The summed E-state index contributed by atoms with van der Waals surface area (Å²) in [5.74, 6) is 1.71. The summed E-state index contributed by atoms with van der Waals surface area (Å²) in [6.45, 7) is 4.02. The molecule has 5 heterocycles. The van der Waals surface area contributed by atoms with Gasteiger partial charge in [0.1, 0.15) is 11.9 Å². The Hall–Kier alpha value is -4.38. The SMILES string of the molecule is COc1ccc2cc1OCC(=O)NCc1ccc(cc1)O[C@H]1CN(Cc3cnc(N4CCCCC4)nc3)C[C@@H]1NC2=O. The minimum atomic E-state index is -0.280. The van der Waals surface area contributed by atoms with Gasteiger partial charge in [0, 0.05) is 62.8 Å². The van der Waals surface area contributed by atoms with Crippen molar-refractivity contribution in [3.05, 3.63) is 71.5 Å². The summed E-state index contributed by atoms with van der Waals surface area (Å²) >= 11 is 0. The van der Waals surface area contributed by atoms with Gasteiger partial charge in [-0.25, -0.2) is 9.97 Å². The van der Waals surface area contributed by atoms with Gasteiger partial charge >= 0.3 is 0 Å². The van der Waals surface area contributed by atoms with Crippen molar-refractivity contribution in [1.29, 1.82) is 0 Å². The topological polar surface area (TPSA) is 118 Å². The van der Waals surface area contributed by atoms with Crippen LogP contribution in [0.4, 0.5) is 5.95 Å². The van der Waals surface area contributed by atoms with Gasteiger partial charge in [0.25, 0.3) is 11.8 Å². The summed E-state index contributed by atoms with van der Waals surface area (Å²) in [5.41, 5.74) is 2.35. The van der Waals surface area contributed by atoms with Crippen molar-refractivity contribution in [2.24, 2.45) is 0 Å². The minimum Gasteiger partial charge on any atom is -0.493 e. The third kappa shape index (κ3) is 6.57. The first kappa shape index (κ1) is 27.8. The number of anilines is 1. The van der Waals surface area contributed by atoms with Gasteiger partial charge in [0.2, 0.25) is 5.95 Å². The summed E-state index contributed by atoms with van der Waals surface area (Å²) in [5, 5.41) is 6.02. The zero-order valence-electron chi connectivity index (χ0n) is 23.8. The number of nitrogens with zero attached hydrogens (tertiary/aromatic N) is 4. The molecule has 4 bridgehead atoms. The number of carbonyl (C=O) groups excluding carboxylic acids is 2. The largest absolute Gasteiger partial charge is 0.493 e. The van der Waals surface area contributed by atoms with Crippen LogP contribution in [0.15, 0.2) is 54.9 Å². The monoisotopic (exact) mass is 572 g/mol. The van der Waals surface area contributed by atoms with Crippen LogP contribution in [0.3, 0.4) is 0 Å². The van der Waals surface area contributed by atoms with E-state index >= 15 is 0 Å². The van der Waals surface area contributed by atoms with Crippen molar-refractivity contribution in [3.8, 4) is 17.2 Å². The normalized spacial score (nSPS) is 21.4. The molecule has 2 saturated heterocycles. The summed E-state index contributed by atoms with van der Waals surface area (Å²) in [6, 6.07) is 12.3. The molecular weight excluding hydrogens is 536 g/mol. The number of piperidine rings is 1. The van der Waals surface area contributed by atoms with E-state index in [9.17, 15) is 9.59 Å². The van der Waals surface area contributed by atoms with Crippen LogP contribution in [0, 0.1) is 0 Å². The van der Waals surface area contributed by atoms with Gasteiger partial charge in [-0.3, -0.25) is 14.5 Å². The molecule has 4 aliphatic heterocycles. The molecule has 1 aromatic heterocycles. The zero-order chi connectivity index (χ0) is 28.9. The Labute approximate surface area is 245 Å². The molecule has 2 N–H and O–H groups in total. The average Bonchev–Trinajstić information content (AvgIpc) is 3.39. The van der Waals surface area contributed by atoms with Gasteiger partial charge in [-0.05, 0) is 55.2 Å². The summed E-state index contributed by atoms with van der Waals surface area (Å²) < 4.78 is 17.5. The highest BCUT2D eigenvalue weighted by Gasteiger charge is 2.36. The number of hydrogen-bond acceptors (Lipinski definition) is 9. The Bertz CT molecular complexity index is 1390. The van der Waals surface area contributed by atoms with Crippen LogP contribution >= 0.6 is 0 Å². The Kier molecular flexibility index (Phi) is 8.36. The quantitative estimate of drug-likeness (QED) is 0.486. The van der Waals surface area contributed by atoms with Crippen LogP contribution in [-0.2, 0) is 17.9 Å². The van der Waals surface area contributed by atoms with Crippen LogP contribution in [0.1, 0.15) is 40.7 Å². The summed E-state index contributed by atoms with van der Waals surface area (Å²) in [4.78, 5) is 39.6. The lowest BCUT2D eigenvalue weighted by molar-refractivity contribution is -0.123. The van der Waals surface area contributed by atoms with Gasteiger partial charge in [-0.2, -0.15) is 0 Å². The number of likely N-dealkylation sites (tertiary alicyclic amines) is 1. The van der Waals surface area contributed by atoms with Crippen molar-refractivity contribution in [3.63, 3.8) is 0 Å². The third-order valence-electron chi connectivity index (χ3n) is 7.88. The van der Waals surface area contributed by atoms with Gasteiger partial charge < -0.3 is 29.7 Å². The molecule has 4 aliphatic rings. The Morgan fingerprint density at radius 2 is 1.79 bits per heavy atom. The molecular formula is C31H36N6O5. The molecule has 2 fully saturated rings. The van der Waals surface area contributed by atoms with E-state index in [4.69, 9.17) is 14.2 Å². The van der Waals surface area contributed by atoms with Crippen LogP contribution < -0.4 is 29.7 Å². The van der Waals surface area contributed by atoms with E-state index in [1.807, 2.05) is 36.7 Å². The fourth-order valence-electron chi connectivity index (χ4n) is 5.62. The second-order valence-corrected chi connectivity index (χ2v) is 10.9. The molecule has 2 aromatic carbocycles. The average molecular weight is 573 g/mol. The molecule has 220 valence electrons. The molecule has 0 unspecified atom stereocenters. The fraction of sp³-hybridized carbons (Fsp3) is 0.419. The number of benzene rings is 2. The molecule has 2 atom stereocenters. The number of nitrogens with one attached hydrogen (secondary N) is 2. The number of hydrogen-bond donors (Lipinski definition) is 2. The first-order valence-corrected chi connectivity index (χ1v) is 14.5. The smallest absolute Gasteiger partial charge is 0.258 e.